The van der Waals surface area contributed by atoms with Gasteiger partial charge in [0.15, 0.2) is 0 Å². The summed E-state index contributed by atoms with van der Waals surface area (Å²) in [6.45, 7) is 0. The molecule has 0 spiro atoms. The van der Waals surface area contributed by atoms with Crippen LogP contribution in [-0.4, -0.2) is 16.5 Å². The quantitative estimate of drug-likeness (QED) is 0.817. The van der Waals surface area contributed by atoms with Crippen LogP contribution in [0.1, 0.15) is 5.56 Å². The van der Waals surface area contributed by atoms with Crippen LogP contribution in [0.15, 0.2) is 24.3 Å². The third-order valence-electron chi connectivity index (χ3n) is 1.59. The second kappa shape index (κ2) is 4.85. The molecule has 1 atom stereocenters. The molecule has 0 fully saturated rings. The third-order valence-corrected chi connectivity index (χ3v) is 2.71. The molecule has 0 saturated carbocycles. The van der Waals surface area contributed by atoms with E-state index in [9.17, 15) is 5.11 Å². The first-order valence-corrected chi connectivity index (χ1v) is 5.21. The minimum Gasteiger partial charge on any atom is -0.392 e. The van der Waals surface area contributed by atoms with E-state index in [0.29, 0.717) is 11.8 Å². The zero-order valence-electron chi connectivity index (χ0n) is 6.50. The van der Waals surface area contributed by atoms with Crippen molar-refractivity contribution in [3.8, 4) is 0 Å². The number of rotatable bonds is 3. The molecule has 0 radical (unpaired) electrons. The van der Waals surface area contributed by atoms with Crippen molar-refractivity contribution < 1.29 is 5.11 Å². The molecule has 0 amide bonds. The van der Waals surface area contributed by atoms with Gasteiger partial charge < -0.3 is 5.11 Å². The molecular weight excluding hydrogens is 239 g/mol. The molecule has 0 aliphatic carbocycles. The SMILES string of the molecule is OC(CBr)Cc1ccccc1Cl. The van der Waals surface area contributed by atoms with Gasteiger partial charge in [0.1, 0.15) is 0 Å². The minimum absolute atomic E-state index is 0.357. The van der Waals surface area contributed by atoms with Crippen LogP contribution in [0.25, 0.3) is 0 Å². The molecular formula is C9H10BrClO. The van der Waals surface area contributed by atoms with E-state index in [2.05, 4.69) is 15.9 Å². The van der Waals surface area contributed by atoms with Crippen LogP contribution < -0.4 is 0 Å². The fraction of sp³-hybridized carbons (Fsp3) is 0.333. The first kappa shape index (κ1) is 10.0. The van der Waals surface area contributed by atoms with Gasteiger partial charge in [0, 0.05) is 16.8 Å². The standard InChI is InChI=1S/C9H10BrClO/c10-6-8(12)5-7-3-1-2-4-9(7)11/h1-4,8,12H,5-6H2. The Morgan fingerprint density at radius 2 is 2.08 bits per heavy atom. The topological polar surface area (TPSA) is 20.2 Å². The van der Waals surface area contributed by atoms with Crippen LogP contribution in [0.5, 0.6) is 0 Å². The van der Waals surface area contributed by atoms with Crippen LogP contribution in [0.2, 0.25) is 5.02 Å². The summed E-state index contributed by atoms with van der Waals surface area (Å²) in [5, 5.41) is 10.6. The number of alkyl halides is 1. The molecule has 66 valence electrons. The molecule has 0 saturated heterocycles. The van der Waals surface area contributed by atoms with Gasteiger partial charge in [0.25, 0.3) is 0 Å². The smallest absolute Gasteiger partial charge is 0.0677 e. The second-order valence-electron chi connectivity index (χ2n) is 2.60. The van der Waals surface area contributed by atoms with Gasteiger partial charge in [-0.2, -0.15) is 0 Å². The lowest BCUT2D eigenvalue weighted by Crippen LogP contribution is -2.11. The fourth-order valence-electron chi connectivity index (χ4n) is 0.972. The largest absolute Gasteiger partial charge is 0.392 e. The number of hydrogen-bond acceptors (Lipinski definition) is 1. The molecule has 0 heterocycles. The van der Waals surface area contributed by atoms with Crippen molar-refractivity contribution in [2.24, 2.45) is 0 Å². The first-order valence-electron chi connectivity index (χ1n) is 3.71. The predicted molar refractivity (Wildman–Crippen MR) is 55.0 cm³/mol. The Morgan fingerprint density at radius 1 is 1.42 bits per heavy atom. The number of aliphatic hydroxyl groups is 1. The van der Waals surface area contributed by atoms with Gasteiger partial charge in [-0.3, -0.25) is 0 Å². The Hall–Kier alpha value is -0.0500. The summed E-state index contributed by atoms with van der Waals surface area (Å²) >= 11 is 9.10. The summed E-state index contributed by atoms with van der Waals surface area (Å²) < 4.78 is 0. The average molecular weight is 250 g/mol. The summed E-state index contributed by atoms with van der Waals surface area (Å²) in [6.07, 6.45) is 0.246. The van der Waals surface area contributed by atoms with Crippen molar-refractivity contribution in [2.75, 3.05) is 5.33 Å². The van der Waals surface area contributed by atoms with Gasteiger partial charge in [0.05, 0.1) is 6.10 Å². The van der Waals surface area contributed by atoms with Gasteiger partial charge >= 0.3 is 0 Å². The molecule has 1 unspecified atom stereocenters. The van der Waals surface area contributed by atoms with Crippen molar-refractivity contribution in [1.29, 1.82) is 0 Å². The lowest BCUT2D eigenvalue weighted by atomic mass is 10.1. The first-order chi connectivity index (χ1) is 5.74. The highest BCUT2D eigenvalue weighted by molar-refractivity contribution is 9.09. The maximum atomic E-state index is 9.33. The van der Waals surface area contributed by atoms with Crippen LogP contribution >= 0.6 is 27.5 Å². The second-order valence-corrected chi connectivity index (χ2v) is 3.66. The Kier molecular flexibility index (Phi) is 4.06. The van der Waals surface area contributed by atoms with Crippen molar-refractivity contribution in [3.63, 3.8) is 0 Å². The van der Waals surface area contributed by atoms with Crippen molar-refractivity contribution >= 4 is 27.5 Å². The van der Waals surface area contributed by atoms with Crippen molar-refractivity contribution in [1.82, 2.24) is 0 Å². The normalized spacial score (nSPS) is 12.9. The van der Waals surface area contributed by atoms with Crippen molar-refractivity contribution in [2.45, 2.75) is 12.5 Å². The maximum Gasteiger partial charge on any atom is 0.0677 e. The summed E-state index contributed by atoms with van der Waals surface area (Å²) in [5.74, 6) is 0. The molecule has 1 nitrogen and oxygen atoms in total. The monoisotopic (exact) mass is 248 g/mol. The predicted octanol–water partition coefficient (Wildman–Crippen LogP) is 2.64. The molecule has 1 aromatic rings. The molecule has 0 bridgehead atoms. The highest BCUT2D eigenvalue weighted by Crippen LogP contribution is 2.16. The number of aliphatic hydroxyl groups excluding tert-OH is 1. The highest BCUT2D eigenvalue weighted by Gasteiger charge is 2.05. The third kappa shape index (κ3) is 2.77. The molecule has 0 aliphatic rings. The van der Waals surface area contributed by atoms with E-state index >= 15 is 0 Å². The highest BCUT2D eigenvalue weighted by atomic mass is 79.9. The zero-order valence-corrected chi connectivity index (χ0v) is 8.85. The van der Waals surface area contributed by atoms with Crippen LogP contribution in [0, 0.1) is 0 Å². The summed E-state index contributed by atoms with van der Waals surface area (Å²) in [6, 6.07) is 7.56. The molecule has 0 aliphatic heterocycles. The van der Waals surface area contributed by atoms with Crippen LogP contribution in [-0.2, 0) is 6.42 Å². The molecule has 12 heavy (non-hydrogen) atoms. The lowest BCUT2D eigenvalue weighted by molar-refractivity contribution is 0.201. The maximum absolute atomic E-state index is 9.33. The minimum atomic E-state index is -0.357. The van der Waals surface area contributed by atoms with E-state index in [4.69, 9.17) is 11.6 Å². The molecule has 3 heteroatoms. The summed E-state index contributed by atoms with van der Waals surface area (Å²) in [5.41, 5.74) is 0.992. The number of halogens is 2. The summed E-state index contributed by atoms with van der Waals surface area (Å²) in [7, 11) is 0. The lowest BCUT2D eigenvalue weighted by Gasteiger charge is -2.07. The Morgan fingerprint density at radius 3 is 2.67 bits per heavy atom. The van der Waals surface area contributed by atoms with Gasteiger partial charge in [-0.25, -0.2) is 0 Å². The molecule has 1 aromatic carbocycles. The Balaban J connectivity index is 2.69. The van der Waals surface area contributed by atoms with E-state index < -0.39 is 0 Å². The number of benzene rings is 1. The molecule has 1 rings (SSSR count). The number of hydrogen-bond donors (Lipinski definition) is 1. The van der Waals surface area contributed by atoms with E-state index in [1.165, 1.54) is 0 Å². The zero-order chi connectivity index (χ0) is 8.97. The summed E-state index contributed by atoms with van der Waals surface area (Å²) in [4.78, 5) is 0. The Labute approximate surface area is 85.5 Å². The van der Waals surface area contributed by atoms with Gasteiger partial charge in [-0.15, -0.1) is 0 Å². The van der Waals surface area contributed by atoms with Crippen LogP contribution in [0.3, 0.4) is 0 Å². The van der Waals surface area contributed by atoms with Gasteiger partial charge in [0.2, 0.25) is 0 Å². The average Bonchev–Trinajstić information content (AvgIpc) is 2.09. The van der Waals surface area contributed by atoms with E-state index in [1.54, 1.807) is 0 Å². The molecule has 0 aromatic heterocycles. The fourth-order valence-corrected chi connectivity index (χ4v) is 1.41. The molecule has 1 N–H and O–H groups in total. The van der Waals surface area contributed by atoms with E-state index in [-0.39, 0.29) is 6.10 Å². The van der Waals surface area contributed by atoms with Gasteiger partial charge in [-0.05, 0) is 11.6 Å². The van der Waals surface area contributed by atoms with E-state index in [1.807, 2.05) is 24.3 Å². The van der Waals surface area contributed by atoms with Crippen molar-refractivity contribution in [3.05, 3.63) is 34.9 Å². The van der Waals surface area contributed by atoms with E-state index in [0.717, 1.165) is 10.6 Å². The Bertz CT molecular complexity index is 252. The van der Waals surface area contributed by atoms with Crippen LogP contribution in [0.4, 0.5) is 0 Å². The van der Waals surface area contributed by atoms with Gasteiger partial charge in [-0.1, -0.05) is 45.7 Å².